The van der Waals surface area contributed by atoms with Crippen molar-refractivity contribution in [2.45, 2.75) is 32.4 Å². The monoisotopic (exact) mass is 401 g/mol. The quantitative estimate of drug-likeness (QED) is 0.597. The van der Waals surface area contributed by atoms with Gasteiger partial charge in [0.05, 0.1) is 6.61 Å². The van der Waals surface area contributed by atoms with Crippen molar-refractivity contribution in [2.75, 3.05) is 39.3 Å². The number of hydrogen-bond donors (Lipinski definition) is 3. The molecule has 0 saturated carbocycles. The van der Waals surface area contributed by atoms with Gasteiger partial charge in [-0.1, -0.05) is 6.07 Å². The zero-order valence-corrected chi connectivity index (χ0v) is 17.4. The molecule has 1 amide bonds. The van der Waals surface area contributed by atoms with Crippen molar-refractivity contribution in [3.05, 3.63) is 51.7 Å². The van der Waals surface area contributed by atoms with Gasteiger partial charge in [0.2, 0.25) is 0 Å². The summed E-state index contributed by atoms with van der Waals surface area (Å²) in [5.41, 5.74) is 2.76. The van der Waals surface area contributed by atoms with Crippen molar-refractivity contribution in [1.82, 2.24) is 5.32 Å². The second-order valence-corrected chi connectivity index (χ2v) is 9.00. The van der Waals surface area contributed by atoms with Crippen molar-refractivity contribution in [3.63, 3.8) is 0 Å². The normalized spacial score (nSPS) is 22.3. The van der Waals surface area contributed by atoms with E-state index in [0.29, 0.717) is 0 Å². The van der Waals surface area contributed by atoms with Crippen LogP contribution in [0.2, 0.25) is 0 Å². The van der Waals surface area contributed by atoms with Gasteiger partial charge in [-0.3, -0.25) is 4.79 Å². The first-order valence-corrected chi connectivity index (χ1v) is 11.3. The summed E-state index contributed by atoms with van der Waals surface area (Å²) in [7, 11) is 0. The van der Waals surface area contributed by atoms with Gasteiger partial charge in [0, 0.05) is 23.4 Å². The molecule has 2 aliphatic rings. The number of ether oxygens (including phenoxy) is 1. The summed E-state index contributed by atoms with van der Waals surface area (Å²) in [5, 5.41) is 5.21. The molecule has 2 aromatic rings. The van der Waals surface area contributed by atoms with Crippen LogP contribution in [0, 0.1) is 0 Å². The highest BCUT2D eigenvalue weighted by Crippen LogP contribution is 2.25. The van der Waals surface area contributed by atoms with E-state index >= 15 is 0 Å². The van der Waals surface area contributed by atoms with Crippen LogP contribution in [0.1, 0.15) is 22.9 Å². The maximum absolute atomic E-state index is 12.5. The summed E-state index contributed by atoms with van der Waals surface area (Å²) in [6.45, 7) is 9.05. The average molecular weight is 402 g/mol. The lowest BCUT2D eigenvalue weighted by molar-refractivity contribution is -1.02. The fourth-order valence-corrected chi connectivity index (χ4v) is 4.98. The Morgan fingerprint density at radius 3 is 2.89 bits per heavy atom. The zero-order valence-electron chi connectivity index (χ0n) is 16.6. The maximum Gasteiger partial charge on any atom is 0.278 e. The standard InChI is InChI=1S/C22H29N3O2S/c1-17(22(26)23-8-6-20-3-2-14-28-20)25-11-9-24(10-12-25)16-18-4-5-21-19(15-18)7-13-27-21/h2-5,14-15,17H,6-13,16H2,1H3,(H,23,26)/p+2/t17-/m1/s1. The lowest BCUT2D eigenvalue weighted by Gasteiger charge is -2.32. The minimum atomic E-state index is 0.0297. The molecular formula is C22H31N3O2S+2. The van der Waals surface area contributed by atoms with Gasteiger partial charge in [0.25, 0.3) is 5.91 Å². The Hall–Kier alpha value is -1.89. The molecular weight excluding hydrogens is 370 g/mol. The third kappa shape index (κ3) is 4.74. The molecule has 6 heteroatoms. The molecule has 1 aromatic heterocycles. The first-order valence-electron chi connectivity index (χ1n) is 10.4. The Balaban J connectivity index is 1.20. The Bertz CT molecular complexity index is 785. The third-order valence-corrected chi connectivity index (χ3v) is 7.00. The molecule has 3 N–H and O–H groups in total. The lowest BCUT2D eigenvalue weighted by Crippen LogP contribution is -3.29. The van der Waals surface area contributed by atoms with Crippen molar-refractivity contribution in [1.29, 1.82) is 0 Å². The van der Waals surface area contributed by atoms with Gasteiger partial charge in [-0.05, 0) is 48.6 Å². The highest BCUT2D eigenvalue weighted by atomic mass is 32.1. The van der Waals surface area contributed by atoms with E-state index in [4.69, 9.17) is 4.74 Å². The van der Waals surface area contributed by atoms with E-state index in [1.807, 2.05) is 0 Å². The molecule has 5 nitrogen and oxygen atoms in total. The molecule has 1 aromatic carbocycles. The van der Waals surface area contributed by atoms with Crippen LogP contribution in [-0.4, -0.2) is 51.3 Å². The molecule has 0 radical (unpaired) electrons. The van der Waals surface area contributed by atoms with Gasteiger partial charge in [-0.2, -0.15) is 0 Å². The highest BCUT2D eigenvalue weighted by Gasteiger charge is 2.31. The second kappa shape index (κ2) is 9.07. The fraction of sp³-hybridized carbons (Fsp3) is 0.500. The number of quaternary nitrogens is 2. The smallest absolute Gasteiger partial charge is 0.278 e. The summed E-state index contributed by atoms with van der Waals surface area (Å²) in [5.74, 6) is 1.25. The molecule has 0 bridgehead atoms. The van der Waals surface area contributed by atoms with Gasteiger partial charge in [0.15, 0.2) is 6.04 Å². The average Bonchev–Trinajstić information content (AvgIpc) is 3.39. The van der Waals surface area contributed by atoms with Crippen molar-refractivity contribution in [2.24, 2.45) is 0 Å². The number of piperazine rings is 1. The minimum Gasteiger partial charge on any atom is -0.493 e. The number of thiophene rings is 1. The number of rotatable bonds is 7. The number of amides is 1. The van der Waals surface area contributed by atoms with Crippen LogP contribution >= 0.6 is 11.3 Å². The van der Waals surface area contributed by atoms with Crippen LogP contribution in [0.15, 0.2) is 35.7 Å². The molecule has 3 heterocycles. The first-order chi connectivity index (χ1) is 13.7. The summed E-state index contributed by atoms with van der Waals surface area (Å²) in [4.78, 5) is 16.9. The molecule has 0 unspecified atom stereocenters. The first kappa shape index (κ1) is 19.4. The fourth-order valence-electron chi connectivity index (χ4n) is 4.28. The number of carbonyl (C=O) groups is 1. The molecule has 0 aliphatic carbocycles. The molecule has 1 fully saturated rings. The number of benzene rings is 1. The van der Waals surface area contributed by atoms with Gasteiger partial charge in [-0.25, -0.2) is 0 Å². The van der Waals surface area contributed by atoms with Gasteiger partial charge in [-0.15, -0.1) is 11.3 Å². The van der Waals surface area contributed by atoms with Gasteiger partial charge in [0.1, 0.15) is 38.5 Å². The predicted octanol–water partition coefficient (Wildman–Crippen LogP) is -0.286. The molecule has 1 atom stereocenters. The molecule has 28 heavy (non-hydrogen) atoms. The maximum atomic E-state index is 12.5. The van der Waals surface area contributed by atoms with Crippen molar-refractivity contribution >= 4 is 17.2 Å². The Morgan fingerprint density at radius 2 is 2.11 bits per heavy atom. The zero-order chi connectivity index (χ0) is 19.3. The van der Waals surface area contributed by atoms with Crippen LogP contribution in [0.5, 0.6) is 5.75 Å². The summed E-state index contributed by atoms with van der Waals surface area (Å²) < 4.78 is 5.61. The van der Waals surface area contributed by atoms with Crippen molar-refractivity contribution < 1.29 is 19.3 Å². The topological polar surface area (TPSA) is 47.2 Å². The Morgan fingerprint density at radius 1 is 1.25 bits per heavy atom. The van der Waals surface area contributed by atoms with Crippen LogP contribution < -0.4 is 19.9 Å². The van der Waals surface area contributed by atoms with E-state index in [1.165, 1.54) is 20.9 Å². The summed E-state index contributed by atoms with van der Waals surface area (Å²) in [6, 6.07) is 10.9. The van der Waals surface area contributed by atoms with Gasteiger partial charge < -0.3 is 19.9 Å². The largest absolute Gasteiger partial charge is 0.493 e. The molecule has 150 valence electrons. The van der Waals surface area contributed by atoms with Gasteiger partial charge >= 0.3 is 0 Å². The van der Waals surface area contributed by atoms with Crippen LogP contribution in [-0.2, 0) is 24.2 Å². The van der Waals surface area contributed by atoms with E-state index in [9.17, 15) is 4.79 Å². The minimum absolute atomic E-state index is 0.0297. The van der Waals surface area contributed by atoms with Crippen LogP contribution in [0.3, 0.4) is 0 Å². The molecule has 0 spiro atoms. The molecule has 1 saturated heterocycles. The molecule has 4 rings (SSSR count). The highest BCUT2D eigenvalue weighted by molar-refractivity contribution is 7.09. The number of hydrogen-bond acceptors (Lipinski definition) is 3. The predicted molar refractivity (Wildman–Crippen MR) is 111 cm³/mol. The number of nitrogens with one attached hydrogen (secondary N) is 3. The second-order valence-electron chi connectivity index (χ2n) is 7.97. The third-order valence-electron chi connectivity index (χ3n) is 6.06. The van der Waals surface area contributed by atoms with E-state index in [0.717, 1.165) is 64.5 Å². The summed E-state index contributed by atoms with van der Waals surface area (Å²) in [6.07, 6.45) is 1.96. The van der Waals surface area contributed by atoms with Crippen LogP contribution in [0.25, 0.3) is 0 Å². The van der Waals surface area contributed by atoms with E-state index in [-0.39, 0.29) is 11.9 Å². The Kier molecular flexibility index (Phi) is 6.29. The van der Waals surface area contributed by atoms with Crippen molar-refractivity contribution in [3.8, 4) is 5.75 Å². The van der Waals surface area contributed by atoms with Crippen LogP contribution in [0.4, 0.5) is 0 Å². The summed E-state index contributed by atoms with van der Waals surface area (Å²) >= 11 is 1.75. The number of fused-ring (bicyclic) bond motifs is 1. The van der Waals surface area contributed by atoms with E-state index in [1.54, 1.807) is 16.2 Å². The number of carbonyl (C=O) groups excluding carboxylic acids is 1. The SMILES string of the molecule is C[C@H](C(=O)NCCc1cccs1)[NH+]1CC[NH+](Cc2ccc3c(c2)CCO3)CC1. The Labute approximate surface area is 171 Å². The van der Waals surface area contributed by atoms with E-state index in [2.05, 4.69) is 48.0 Å². The van der Waals surface area contributed by atoms with E-state index < -0.39 is 0 Å². The molecule has 2 aliphatic heterocycles. The lowest BCUT2D eigenvalue weighted by atomic mass is 10.1.